The molecule has 0 unspecified atom stereocenters. The number of aromatic nitrogens is 4. The monoisotopic (exact) mass is 538 g/mol. The molecule has 2 aromatic heterocycles. The number of aliphatic hydroxyl groups excluding tert-OH is 3. The molecule has 1 fully saturated rings. The summed E-state index contributed by atoms with van der Waals surface area (Å²) in [6.07, 6.45) is -5.35. The third kappa shape index (κ3) is 5.27. The topological polar surface area (TPSA) is 114 Å². The molecule has 15 heteroatoms. The average Bonchev–Trinajstić information content (AvgIpc) is 3.24. The standard InChI is InChI=1S/C20H16ClF5N4O4S/c21-9-3-10(5-27-4-9)35-19-18(33)16(17(32)14(7-31)34-19)30-6-13(28-29-30)8-1-11(22)15(12(23)2-8)20(24,25)26/h1-6,14,16-19,31-33H,7H2/t14-,16+,17+,18-,19-/m1/s1. The van der Waals surface area contributed by atoms with Crippen LogP contribution < -0.4 is 0 Å². The van der Waals surface area contributed by atoms with Crippen molar-refractivity contribution >= 4 is 23.4 Å². The number of thioether (sulfide) groups is 1. The lowest BCUT2D eigenvalue weighted by Gasteiger charge is -2.41. The Labute approximate surface area is 203 Å². The van der Waals surface area contributed by atoms with Gasteiger partial charge in [-0.05, 0) is 18.2 Å². The van der Waals surface area contributed by atoms with Crippen molar-refractivity contribution in [1.29, 1.82) is 0 Å². The molecule has 1 aliphatic rings. The van der Waals surface area contributed by atoms with Gasteiger partial charge in [0.05, 0.1) is 17.8 Å². The Kier molecular flexibility index (Phi) is 7.31. The first-order valence-corrected chi connectivity index (χ1v) is 11.1. The van der Waals surface area contributed by atoms with E-state index >= 15 is 0 Å². The first kappa shape index (κ1) is 25.7. The number of benzene rings is 1. The van der Waals surface area contributed by atoms with Gasteiger partial charge in [0.2, 0.25) is 0 Å². The maximum absolute atomic E-state index is 14.0. The van der Waals surface area contributed by atoms with Crippen LogP contribution >= 0.6 is 23.4 Å². The molecule has 0 spiro atoms. The molecule has 0 radical (unpaired) electrons. The van der Waals surface area contributed by atoms with Crippen molar-refractivity contribution in [2.75, 3.05) is 6.61 Å². The molecule has 0 aliphatic carbocycles. The van der Waals surface area contributed by atoms with Gasteiger partial charge in [-0.3, -0.25) is 4.98 Å². The van der Waals surface area contributed by atoms with E-state index in [-0.39, 0.29) is 11.3 Å². The fourth-order valence-corrected chi connectivity index (χ4v) is 4.94. The van der Waals surface area contributed by atoms with Gasteiger partial charge in [-0.1, -0.05) is 28.6 Å². The molecule has 3 heterocycles. The van der Waals surface area contributed by atoms with Crippen LogP contribution in [0.4, 0.5) is 22.0 Å². The van der Waals surface area contributed by atoms with Gasteiger partial charge in [0.15, 0.2) is 0 Å². The Balaban J connectivity index is 1.64. The Hall–Kier alpha value is -2.36. The number of pyridine rings is 1. The van der Waals surface area contributed by atoms with Crippen LogP contribution in [0.25, 0.3) is 11.3 Å². The number of rotatable bonds is 5. The SMILES string of the molecule is OC[C@H]1O[C@H](Sc2cncc(Cl)c2)[C@H](O)[C@@H](n2cc(-c3cc(F)c(C(F)(F)F)c(F)c3)nn2)[C@H]1O. The van der Waals surface area contributed by atoms with Crippen LogP contribution in [-0.2, 0) is 10.9 Å². The summed E-state index contributed by atoms with van der Waals surface area (Å²) in [5.74, 6) is -3.67. The van der Waals surface area contributed by atoms with Crippen LogP contribution in [-0.4, -0.2) is 65.7 Å². The Morgan fingerprint density at radius 1 is 1.09 bits per heavy atom. The summed E-state index contributed by atoms with van der Waals surface area (Å²) >= 11 is 6.93. The lowest BCUT2D eigenvalue weighted by atomic mass is 9.97. The molecule has 3 aromatic rings. The minimum absolute atomic E-state index is 0.216. The number of hydrogen-bond acceptors (Lipinski definition) is 8. The predicted molar refractivity (Wildman–Crippen MR) is 112 cm³/mol. The quantitative estimate of drug-likeness (QED) is 0.425. The van der Waals surface area contributed by atoms with E-state index in [1.807, 2.05) is 0 Å². The minimum atomic E-state index is -5.23. The summed E-state index contributed by atoms with van der Waals surface area (Å²) in [4.78, 5) is 4.45. The van der Waals surface area contributed by atoms with Crippen molar-refractivity contribution in [2.24, 2.45) is 0 Å². The van der Waals surface area contributed by atoms with E-state index in [2.05, 4.69) is 15.3 Å². The van der Waals surface area contributed by atoms with E-state index in [0.29, 0.717) is 22.1 Å². The third-order valence-corrected chi connectivity index (χ3v) is 6.54. The molecule has 8 nitrogen and oxygen atoms in total. The molecular formula is C20H16ClF5N4O4S. The number of alkyl halides is 3. The predicted octanol–water partition coefficient (Wildman–Crippen LogP) is 3.06. The van der Waals surface area contributed by atoms with Crippen molar-refractivity contribution in [3.63, 3.8) is 0 Å². The second kappa shape index (κ2) is 9.95. The summed E-state index contributed by atoms with van der Waals surface area (Å²) in [5.41, 5.74) is -3.63. The van der Waals surface area contributed by atoms with Crippen molar-refractivity contribution in [1.82, 2.24) is 20.0 Å². The van der Waals surface area contributed by atoms with E-state index in [4.69, 9.17) is 16.3 Å². The van der Waals surface area contributed by atoms with Gasteiger partial charge < -0.3 is 20.1 Å². The summed E-state index contributed by atoms with van der Waals surface area (Å²) in [6, 6.07) is 1.23. The largest absolute Gasteiger partial charge is 0.422 e. The molecule has 0 saturated carbocycles. The van der Waals surface area contributed by atoms with Gasteiger partial charge in [0, 0.05) is 22.9 Å². The molecule has 1 aliphatic heterocycles. The zero-order valence-electron chi connectivity index (χ0n) is 17.3. The highest BCUT2D eigenvalue weighted by atomic mass is 35.5. The molecule has 5 atom stereocenters. The van der Waals surface area contributed by atoms with Gasteiger partial charge in [-0.15, -0.1) is 5.10 Å². The molecule has 3 N–H and O–H groups in total. The van der Waals surface area contributed by atoms with Gasteiger partial charge in [0.1, 0.15) is 52.7 Å². The fraction of sp³-hybridized carbons (Fsp3) is 0.350. The van der Waals surface area contributed by atoms with Crippen molar-refractivity contribution < 1.29 is 42.0 Å². The van der Waals surface area contributed by atoms with Gasteiger partial charge >= 0.3 is 6.18 Å². The maximum Gasteiger partial charge on any atom is 0.422 e. The van der Waals surface area contributed by atoms with Crippen molar-refractivity contribution in [3.8, 4) is 11.3 Å². The lowest BCUT2D eigenvalue weighted by molar-refractivity contribution is -0.178. The zero-order valence-corrected chi connectivity index (χ0v) is 18.8. The summed E-state index contributed by atoms with van der Waals surface area (Å²) in [5, 5.41) is 39.0. The summed E-state index contributed by atoms with van der Waals surface area (Å²) in [6.45, 7) is -0.619. The Bertz CT molecular complexity index is 1190. The maximum atomic E-state index is 14.0. The van der Waals surface area contributed by atoms with Gasteiger partial charge in [-0.2, -0.15) is 13.2 Å². The number of ether oxygens (including phenoxy) is 1. The smallest absolute Gasteiger partial charge is 0.394 e. The highest BCUT2D eigenvalue weighted by molar-refractivity contribution is 7.99. The molecule has 1 aromatic carbocycles. The van der Waals surface area contributed by atoms with Gasteiger partial charge in [-0.25, -0.2) is 13.5 Å². The molecule has 35 heavy (non-hydrogen) atoms. The van der Waals surface area contributed by atoms with Crippen LogP contribution in [0.1, 0.15) is 11.6 Å². The van der Waals surface area contributed by atoms with Crippen molar-refractivity contribution in [2.45, 2.75) is 40.9 Å². The normalized spacial score (nSPS) is 25.1. The second-order valence-electron chi connectivity index (χ2n) is 7.55. The third-order valence-electron chi connectivity index (χ3n) is 5.22. The fourth-order valence-electron chi connectivity index (χ4n) is 3.62. The van der Waals surface area contributed by atoms with Crippen LogP contribution in [0.3, 0.4) is 0 Å². The highest BCUT2D eigenvalue weighted by Crippen LogP contribution is 2.39. The molecule has 188 valence electrons. The van der Waals surface area contributed by atoms with Crippen LogP contribution in [0, 0.1) is 11.6 Å². The number of hydrogen-bond donors (Lipinski definition) is 3. The summed E-state index contributed by atoms with van der Waals surface area (Å²) < 4.78 is 73.1. The first-order chi connectivity index (χ1) is 16.5. The Morgan fingerprint density at radius 3 is 2.37 bits per heavy atom. The van der Waals surface area contributed by atoms with Gasteiger partial charge in [0.25, 0.3) is 0 Å². The number of aliphatic hydroxyl groups is 3. The van der Waals surface area contributed by atoms with Crippen molar-refractivity contribution in [3.05, 3.63) is 59.0 Å². The number of halogens is 6. The van der Waals surface area contributed by atoms with Crippen LogP contribution in [0.2, 0.25) is 5.02 Å². The molecule has 0 bridgehead atoms. The second-order valence-corrected chi connectivity index (χ2v) is 9.16. The van der Waals surface area contributed by atoms with E-state index in [0.717, 1.165) is 22.6 Å². The van der Waals surface area contributed by atoms with Crippen LogP contribution in [0.5, 0.6) is 0 Å². The highest BCUT2D eigenvalue weighted by Gasteiger charge is 2.46. The molecular weight excluding hydrogens is 523 g/mol. The molecule has 1 saturated heterocycles. The average molecular weight is 539 g/mol. The zero-order chi connectivity index (χ0) is 25.5. The first-order valence-electron chi connectivity index (χ1n) is 9.87. The molecule has 4 rings (SSSR count). The van der Waals surface area contributed by atoms with E-state index in [1.165, 1.54) is 12.4 Å². The Morgan fingerprint density at radius 2 is 1.77 bits per heavy atom. The van der Waals surface area contributed by atoms with Crippen LogP contribution in [0.15, 0.2) is 41.7 Å². The van der Waals surface area contributed by atoms with E-state index in [9.17, 15) is 37.3 Å². The molecule has 0 amide bonds. The summed E-state index contributed by atoms with van der Waals surface area (Å²) in [7, 11) is 0. The lowest BCUT2D eigenvalue weighted by Crippen LogP contribution is -2.55. The minimum Gasteiger partial charge on any atom is -0.394 e. The van der Waals surface area contributed by atoms with E-state index < -0.39 is 59.8 Å². The number of nitrogens with zero attached hydrogens (tertiary/aromatic N) is 4. The van der Waals surface area contributed by atoms with E-state index in [1.54, 1.807) is 6.07 Å².